The van der Waals surface area contributed by atoms with Gasteiger partial charge in [-0.3, -0.25) is 0 Å². The minimum atomic E-state index is -4.95. The van der Waals surface area contributed by atoms with Crippen molar-refractivity contribution in [3.05, 3.63) is 177 Å². The third kappa shape index (κ3) is 13.4. The van der Waals surface area contributed by atoms with Gasteiger partial charge in [0, 0.05) is 36.1 Å². The molecule has 0 amide bonds. The molecule has 5 heterocycles. The van der Waals surface area contributed by atoms with E-state index in [0.29, 0.717) is 68.2 Å². The van der Waals surface area contributed by atoms with Gasteiger partial charge in [-0.15, -0.1) is 0 Å². The summed E-state index contributed by atoms with van der Waals surface area (Å²) in [5.74, 6) is 4.78. The van der Waals surface area contributed by atoms with Crippen molar-refractivity contribution in [3.8, 4) is 23.3 Å². The Bertz CT molecular complexity index is 3310. The number of nitrogens with zero attached hydrogens (tertiary/aromatic N) is 1. The average molecular weight is 1150 g/mol. The monoisotopic (exact) mass is 1150 g/mol. The van der Waals surface area contributed by atoms with E-state index in [9.17, 15) is 33.4 Å². The molecular formula is C69H82N3NaO9S. The van der Waals surface area contributed by atoms with Gasteiger partial charge in [0.25, 0.3) is 0 Å². The molecule has 8 N–H and O–H groups in total. The molecule has 8 aliphatic rings. The van der Waals surface area contributed by atoms with Crippen molar-refractivity contribution < 1.29 is 72.4 Å². The van der Waals surface area contributed by atoms with Crippen LogP contribution in [-0.2, 0) is 33.4 Å². The Morgan fingerprint density at radius 2 is 1.67 bits per heavy atom. The number of hydrogen-bond acceptors (Lipinski definition) is 10. The number of aliphatic hydroxyl groups excluding tert-OH is 2. The summed E-state index contributed by atoms with van der Waals surface area (Å²) in [6, 6.07) is 37.7. The van der Waals surface area contributed by atoms with Crippen LogP contribution in [0.3, 0.4) is 0 Å². The van der Waals surface area contributed by atoms with Crippen LogP contribution in [0.5, 0.6) is 11.5 Å². The van der Waals surface area contributed by atoms with E-state index in [4.69, 9.17) is 25.9 Å². The van der Waals surface area contributed by atoms with Gasteiger partial charge in [0.1, 0.15) is 17.6 Å². The smallest absolute Gasteiger partial charge is 0.748 e. The molecule has 0 spiro atoms. The number of benzene rings is 5. The zero-order valence-corrected chi connectivity index (χ0v) is 51.4. The van der Waals surface area contributed by atoms with Crippen LogP contribution in [-0.4, -0.2) is 62.9 Å². The van der Waals surface area contributed by atoms with Crippen molar-refractivity contribution in [3.63, 3.8) is 0 Å². The van der Waals surface area contributed by atoms with Crippen molar-refractivity contribution >= 4 is 16.1 Å². The van der Waals surface area contributed by atoms with Crippen LogP contribution in [0.2, 0.25) is 0 Å². The zero-order valence-electron chi connectivity index (χ0n) is 48.5. The summed E-state index contributed by atoms with van der Waals surface area (Å²) >= 11 is 0. The molecule has 1 saturated heterocycles. The number of aliphatic imine (C=N–C) groups is 1. The third-order valence-electron chi connectivity index (χ3n) is 19.8. The maximum atomic E-state index is 14.3. The van der Waals surface area contributed by atoms with Crippen LogP contribution in [0.1, 0.15) is 190 Å². The number of aliphatic hydroxyl groups is 3. The molecule has 13 rings (SSSR count). The minimum Gasteiger partial charge on any atom is -0.748 e. The van der Waals surface area contributed by atoms with Gasteiger partial charge in [0.2, 0.25) is 5.72 Å². The SMILES string of the molecule is CCCCCC(O)c1ccc(C2CCCC(O)(C(Cc3ccccc3)CC3(N=C(N)N)Oc4ccc5c(c4)CCC(C)C5CC(S(=O)(=O)[O-])C4C=C5CC(CC6CC(CO)CC#Cc7cc(O)ccc7C5O6)C4c4ccc3cc4)C2)cc1.[Na+]. The van der Waals surface area contributed by atoms with Gasteiger partial charge >= 0.3 is 29.6 Å². The van der Waals surface area contributed by atoms with Crippen LogP contribution >= 0.6 is 0 Å². The largest absolute Gasteiger partial charge is 1.00 e. The number of fused-ring (bicyclic) bond motifs is 8. The first kappa shape index (κ1) is 61.1. The molecule has 14 heteroatoms. The third-order valence-corrected chi connectivity index (χ3v) is 21.0. The Labute approximate surface area is 513 Å². The first-order valence-electron chi connectivity index (χ1n) is 30.3. The van der Waals surface area contributed by atoms with Gasteiger partial charge < -0.3 is 45.9 Å². The summed E-state index contributed by atoms with van der Waals surface area (Å²) in [6.45, 7) is 4.23. The second kappa shape index (κ2) is 25.9. The van der Waals surface area contributed by atoms with Crippen LogP contribution in [0.25, 0.3) is 0 Å². The number of allylic oxidation sites excluding steroid dienone is 1. The van der Waals surface area contributed by atoms with E-state index >= 15 is 0 Å². The number of aromatic hydroxyl groups is 1. The molecule has 0 aromatic heterocycles. The standard InChI is InChI=1S/C69H83N3O9S.Na/c1-3-4-6-16-63(75)47-21-19-46(20-22-47)51-15-10-31-68(76,40-51)55(32-44-11-7-5-8-12-44)41-69(72-67(70)71)54-25-23-48(24-26-54)65-52-34-53(66-60-29-27-56(74)35-49(60)14-9-13-45(42-73)33-58(37-52)80-66)38-62(65)64(82(77,78)79)39-61-43(2)17-18-50-36-57(81-69)28-30-59(50)61;/h5,7-8,11-12,19-30,35-36,38,43,45,51-52,55,58,61-66,73-76H,3-4,6,10,13,15-18,31-34,37,39-42H2,1-2H3,(H4,70,71,72)(H,77,78,79);/q;+1/p-1. The summed E-state index contributed by atoms with van der Waals surface area (Å²) in [6.07, 6.45) is 11.5. The number of rotatable bonds is 14. The molecule has 2 fully saturated rings. The predicted molar refractivity (Wildman–Crippen MR) is 319 cm³/mol. The Hall–Kier alpha value is -4.98. The van der Waals surface area contributed by atoms with Crippen LogP contribution in [0.15, 0.2) is 132 Å². The second-order valence-electron chi connectivity index (χ2n) is 25.2. The molecule has 5 aliphatic heterocycles. The fourth-order valence-electron chi connectivity index (χ4n) is 15.6. The van der Waals surface area contributed by atoms with Gasteiger partial charge in [-0.1, -0.05) is 142 Å². The molecule has 5 aromatic rings. The molecule has 5 aromatic carbocycles. The fourth-order valence-corrected chi connectivity index (χ4v) is 16.6. The predicted octanol–water partition coefficient (Wildman–Crippen LogP) is 8.77. The Balaban J connectivity index is 0.00000769. The minimum absolute atomic E-state index is 0. The molecule has 14 unspecified atom stereocenters. The first-order chi connectivity index (χ1) is 39.5. The number of phenolic OH excluding ortho intramolecular Hbond substituents is 1. The summed E-state index contributed by atoms with van der Waals surface area (Å²) in [5.41, 5.74) is 19.3. The van der Waals surface area contributed by atoms with Crippen molar-refractivity contribution in [2.45, 2.75) is 176 Å². The van der Waals surface area contributed by atoms with Gasteiger partial charge in [-0.2, -0.15) is 0 Å². The van der Waals surface area contributed by atoms with E-state index in [2.05, 4.69) is 50.0 Å². The Kier molecular flexibility index (Phi) is 19.1. The molecule has 3 aliphatic carbocycles. The number of nitrogens with two attached hydrogens (primary N) is 2. The number of ether oxygens (including phenoxy) is 2. The molecule has 434 valence electrons. The van der Waals surface area contributed by atoms with Crippen molar-refractivity contribution in [2.24, 2.45) is 46.0 Å². The number of hydrogen-bond donors (Lipinski definition) is 6. The molecular weight excluding hydrogens is 1070 g/mol. The maximum Gasteiger partial charge on any atom is 1.00 e. The molecule has 14 atom stereocenters. The van der Waals surface area contributed by atoms with Crippen LogP contribution in [0.4, 0.5) is 0 Å². The molecule has 12 nitrogen and oxygen atoms in total. The summed E-state index contributed by atoms with van der Waals surface area (Å²) in [7, 11) is -4.95. The van der Waals surface area contributed by atoms with Gasteiger partial charge in [-0.05, 0) is 188 Å². The van der Waals surface area contributed by atoms with Crippen LogP contribution < -0.4 is 45.8 Å². The first-order valence-corrected chi connectivity index (χ1v) is 31.8. The van der Waals surface area contributed by atoms with E-state index in [1.807, 2.05) is 84.9 Å². The van der Waals surface area contributed by atoms with E-state index in [0.717, 1.165) is 89.5 Å². The average Bonchev–Trinajstić information content (AvgIpc) is 3.93. The number of unbranched alkanes of at least 4 members (excludes halogenated alkanes) is 2. The Morgan fingerprint density at radius 1 is 0.916 bits per heavy atom. The van der Waals surface area contributed by atoms with Crippen molar-refractivity contribution in [2.75, 3.05) is 6.61 Å². The van der Waals surface area contributed by atoms with E-state index in [-0.39, 0.29) is 96.4 Å². The Morgan fingerprint density at radius 3 is 2.41 bits per heavy atom. The summed E-state index contributed by atoms with van der Waals surface area (Å²) in [4.78, 5) is 5.16. The van der Waals surface area contributed by atoms with E-state index < -0.39 is 56.7 Å². The number of aryl methyl sites for hydroxylation is 1. The summed E-state index contributed by atoms with van der Waals surface area (Å²) < 4.78 is 57.7. The van der Waals surface area contributed by atoms with Gasteiger partial charge in [0.15, 0.2) is 5.96 Å². The molecule has 1 saturated carbocycles. The molecule has 83 heavy (non-hydrogen) atoms. The molecule has 0 radical (unpaired) electrons. The zero-order chi connectivity index (χ0) is 57.3. The van der Waals surface area contributed by atoms with E-state index in [1.165, 1.54) is 0 Å². The normalized spacial score (nSPS) is 29.9. The fraction of sp³-hybridized carbons (Fsp3) is 0.493. The van der Waals surface area contributed by atoms with Gasteiger partial charge in [0.05, 0.1) is 33.2 Å². The maximum absolute atomic E-state index is 14.3. The topological polar surface area (TPSA) is 221 Å². The van der Waals surface area contributed by atoms with Crippen molar-refractivity contribution in [1.29, 1.82) is 0 Å². The van der Waals surface area contributed by atoms with Gasteiger partial charge in [-0.25, -0.2) is 13.4 Å². The van der Waals surface area contributed by atoms with Crippen molar-refractivity contribution in [1.82, 2.24) is 0 Å². The number of guanidine groups is 1. The molecule has 10 bridgehead atoms. The summed E-state index contributed by atoms with van der Waals surface area (Å²) in [5, 5.41) is 44.7. The second-order valence-corrected chi connectivity index (χ2v) is 26.8. The number of phenols is 1. The van der Waals surface area contributed by atoms with Crippen LogP contribution in [0, 0.1) is 41.4 Å². The van der Waals surface area contributed by atoms with E-state index in [1.54, 1.807) is 12.1 Å². The quantitative estimate of drug-likeness (QED) is 0.0117.